The van der Waals surface area contributed by atoms with Crippen LogP contribution in [0.2, 0.25) is 0 Å². The van der Waals surface area contributed by atoms with Gasteiger partial charge >= 0.3 is 0 Å². The molecular weight excluding hydrogens is 128 g/mol. The van der Waals surface area contributed by atoms with Crippen LogP contribution in [-0.2, 0) is 4.74 Å². The van der Waals surface area contributed by atoms with E-state index in [4.69, 9.17) is 10.00 Å². The molecule has 0 amide bonds. The van der Waals surface area contributed by atoms with E-state index in [0.717, 1.165) is 0 Å². The molecule has 0 aliphatic rings. The molecule has 3 nitrogen and oxygen atoms in total. The van der Waals surface area contributed by atoms with E-state index in [2.05, 4.69) is 4.99 Å². The first-order valence-corrected chi connectivity index (χ1v) is 3.33. The molecule has 0 radical (unpaired) electrons. The van der Waals surface area contributed by atoms with Crippen LogP contribution in [-0.4, -0.2) is 12.0 Å². The van der Waals surface area contributed by atoms with Gasteiger partial charge in [0.25, 0.3) is 0 Å². The summed E-state index contributed by atoms with van der Waals surface area (Å²) in [6.07, 6.45) is 2.46. The Morgan fingerprint density at radius 1 is 1.70 bits per heavy atom. The maximum atomic E-state index is 8.16. The summed E-state index contributed by atoms with van der Waals surface area (Å²) in [4.78, 5) is 3.48. The molecule has 0 spiro atoms. The summed E-state index contributed by atoms with van der Waals surface area (Å²) < 4.78 is 5.17. The van der Waals surface area contributed by atoms with Crippen LogP contribution >= 0.6 is 0 Å². The minimum Gasteiger partial charge on any atom is -0.478 e. The number of nitrogens with zero attached hydrogens (tertiary/aromatic N) is 2. The fourth-order valence-electron chi connectivity index (χ4n) is 0.517. The van der Waals surface area contributed by atoms with Gasteiger partial charge in [0, 0.05) is 6.42 Å². The maximum absolute atomic E-state index is 8.16. The van der Waals surface area contributed by atoms with Crippen molar-refractivity contribution in [1.29, 1.82) is 5.26 Å². The van der Waals surface area contributed by atoms with Crippen molar-refractivity contribution < 1.29 is 4.74 Å². The van der Waals surface area contributed by atoms with Gasteiger partial charge in [-0.15, -0.1) is 4.99 Å². The summed E-state index contributed by atoms with van der Waals surface area (Å²) in [6, 6.07) is 0. The molecule has 56 valence electrons. The number of nitriles is 1. The SMILES string of the molecule is CC/C(=N/C#N)OC(C)C. The quantitative estimate of drug-likeness (QED) is 0.333. The van der Waals surface area contributed by atoms with Crippen molar-refractivity contribution in [3.63, 3.8) is 0 Å². The van der Waals surface area contributed by atoms with E-state index in [1.165, 1.54) is 0 Å². The number of ether oxygens (including phenoxy) is 1. The second-order valence-electron chi connectivity index (χ2n) is 2.13. The Labute approximate surface area is 61.3 Å². The molecule has 0 aliphatic heterocycles. The van der Waals surface area contributed by atoms with Gasteiger partial charge in [0.15, 0.2) is 5.90 Å². The number of hydrogen-bond donors (Lipinski definition) is 0. The van der Waals surface area contributed by atoms with Crippen molar-refractivity contribution >= 4 is 5.90 Å². The lowest BCUT2D eigenvalue weighted by Gasteiger charge is -2.08. The van der Waals surface area contributed by atoms with Crippen molar-refractivity contribution in [3.8, 4) is 6.19 Å². The topological polar surface area (TPSA) is 45.4 Å². The Morgan fingerprint density at radius 2 is 2.30 bits per heavy atom. The highest BCUT2D eigenvalue weighted by Crippen LogP contribution is 1.94. The predicted octanol–water partition coefficient (Wildman–Crippen LogP) is 1.70. The van der Waals surface area contributed by atoms with E-state index in [1.807, 2.05) is 20.8 Å². The Balaban J connectivity index is 3.86. The second kappa shape index (κ2) is 4.80. The lowest BCUT2D eigenvalue weighted by atomic mass is 10.4. The first-order valence-electron chi connectivity index (χ1n) is 3.33. The lowest BCUT2D eigenvalue weighted by molar-refractivity contribution is 0.222. The number of aliphatic imine (C=N–C) groups is 1. The monoisotopic (exact) mass is 140 g/mol. The zero-order chi connectivity index (χ0) is 7.98. The van der Waals surface area contributed by atoms with Crippen LogP contribution in [0, 0.1) is 11.5 Å². The molecule has 0 aromatic carbocycles. The van der Waals surface area contributed by atoms with E-state index in [9.17, 15) is 0 Å². The average Bonchev–Trinajstić information content (AvgIpc) is 1.86. The highest BCUT2D eigenvalue weighted by molar-refractivity contribution is 5.76. The van der Waals surface area contributed by atoms with Crippen molar-refractivity contribution in [3.05, 3.63) is 0 Å². The molecule has 0 saturated heterocycles. The molecule has 0 fully saturated rings. The minimum absolute atomic E-state index is 0.104. The molecule has 0 rings (SSSR count). The molecule has 0 saturated carbocycles. The molecule has 0 unspecified atom stereocenters. The highest BCUT2D eigenvalue weighted by atomic mass is 16.5. The van der Waals surface area contributed by atoms with Gasteiger partial charge in [-0.3, -0.25) is 0 Å². The summed E-state index contributed by atoms with van der Waals surface area (Å²) in [6.45, 7) is 5.71. The van der Waals surface area contributed by atoms with E-state index in [-0.39, 0.29) is 6.10 Å². The van der Waals surface area contributed by atoms with Crippen molar-refractivity contribution in [2.75, 3.05) is 0 Å². The van der Waals surface area contributed by atoms with Crippen LogP contribution in [0.3, 0.4) is 0 Å². The Bertz CT molecular complexity index is 155. The van der Waals surface area contributed by atoms with Crippen LogP contribution in [0.25, 0.3) is 0 Å². The van der Waals surface area contributed by atoms with Crippen LogP contribution in [0.1, 0.15) is 27.2 Å². The zero-order valence-electron chi connectivity index (χ0n) is 6.59. The van der Waals surface area contributed by atoms with E-state index < -0.39 is 0 Å². The average molecular weight is 140 g/mol. The first-order chi connectivity index (χ1) is 4.70. The zero-order valence-corrected chi connectivity index (χ0v) is 6.59. The Hall–Kier alpha value is -1.04. The summed E-state index contributed by atoms with van der Waals surface area (Å²) >= 11 is 0. The van der Waals surface area contributed by atoms with Gasteiger partial charge in [0.05, 0.1) is 6.10 Å². The summed E-state index contributed by atoms with van der Waals surface area (Å²) in [5, 5.41) is 8.16. The largest absolute Gasteiger partial charge is 0.478 e. The molecule has 0 heterocycles. The van der Waals surface area contributed by atoms with Crippen molar-refractivity contribution in [2.45, 2.75) is 33.3 Å². The minimum atomic E-state index is 0.104. The third kappa shape index (κ3) is 3.90. The lowest BCUT2D eigenvalue weighted by Crippen LogP contribution is -2.09. The standard InChI is InChI=1S/C7H12N2O/c1-4-7(9-5-8)10-6(2)3/h6H,4H2,1-3H3/b9-7-. The maximum Gasteiger partial charge on any atom is 0.208 e. The summed E-state index contributed by atoms with van der Waals surface area (Å²) in [5.41, 5.74) is 0. The molecular formula is C7H12N2O. The molecule has 3 heteroatoms. The van der Waals surface area contributed by atoms with Gasteiger partial charge in [0.2, 0.25) is 6.19 Å². The van der Waals surface area contributed by atoms with Gasteiger partial charge in [-0.1, -0.05) is 6.92 Å². The van der Waals surface area contributed by atoms with Gasteiger partial charge < -0.3 is 4.74 Å². The predicted molar refractivity (Wildman–Crippen MR) is 39.6 cm³/mol. The van der Waals surface area contributed by atoms with Gasteiger partial charge in [-0.2, -0.15) is 5.26 Å². The summed E-state index contributed by atoms with van der Waals surface area (Å²) in [5.74, 6) is 0.512. The van der Waals surface area contributed by atoms with Crippen LogP contribution in [0.15, 0.2) is 4.99 Å². The number of hydrogen-bond acceptors (Lipinski definition) is 3. The normalized spacial score (nSPS) is 11.3. The second-order valence-corrected chi connectivity index (χ2v) is 2.13. The van der Waals surface area contributed by atoms with Crippen LogP contribution in [0.5, 0.6) is 0 Å². The molecule has 0 aromatic rings. The van der Waals surface area contributed by atoms with Gasteiger partial charge in [0.1, 0.15) is 0 Å². The molecule has 0 atom stereocenters. The summed E-state index contributed by atoms with van der Waals surface area (Å²) in [7, 11) is 0. The Morgan fingerprint density at radius 3 is 2.60 bits per heavy atom. The molecule has 0 aliphatic carbocycles. The van der Waals surface area contributed by atoms with Crippen LogP contribution in [0.4, 0.5) is 0 Å². The van der Waals surface area contributed by atoms with Crippen molar-refractivity contribution in [1.82, 2.24) is 0 Å². The van der Waals surface area contributed by atoms with Crippen molar-refractivity contribution in [2.24, 2.45) is 4.99 Å². The fraction of sp³-hybridized carbons (Fsp3) is 0.714. The van der Waals surface area contributed by atoms with E-state index >= 15 is 0 Å². The van der Waals surface area contributed by atoms with Crippen LogP contribution < -0.4 is 0 Å². The molecule has 0 bridgehead atoms. The van der Waals surface area contributed by atoms with Gasteiger partial charge in [-0.25, -0.2) is 0 Å². The smallest absolute Gasteiger partial charge is 0.208 e. The number of rotatable bonds is 2. The molecule has 0 N–H and O–H groups in total. The highest BCUT2D eigenvalue weighted by Gasteiger charge is 1.98. The first kappa shape index (κ1) is 8.96. The van der Waals surface area contributed by atoms with E-state index in [0.29, 0.717) is 12.3 Å². The van der Waals surface area contributed by atoms with Gasteiger partial charge in [-0.05, 0) is 13.8 Å². The molecule has 10 heavy (non-hydrogen) atoms. The third-order valence-electron chi connectivity index (χ3n) is 0.849. The Kier molecular flexibility index (Phi) is 4.30. The van der Waals surface area contributed by atoms with E-state index in [1.54, 1.807) is 6.19 Å². The fourth-order valence-corrected chi connectivity index (χ4v) is 0.517. The molecule has 0 aromatic heterocycles. The third-order valence-corrected chi connectivity index (χ3v) is 0.849.